The second-order valence-corrected chi connectivity index (χ2v) is 4.75. The molecule has 0 saturated heterocycles. The van der Waals surface area contributed by atoms with Crippen molar-refractivity contribution in [3.05, 3.63) is 33.4 Å². The fraction of sp³-hybridized carbons (Fsp3) is 0.364. The van der Waals surface area contributed by atoms with E-state index in [0.717, 1.165) is 3.57 Å². The quantitative estimate of drug-likeness (QED) is 0.863. The molecule has 1 unspecified atom stereocenters. The molecule has 0 aliphatic heterocycles. The van der Waals surface area contributed by atoms with Gasteiger partial charge in [0.15, 0.2) is 0 Å². The molecule has 0 saturated carbocycles. The van der Waals surface area contributed by atoms with Crippen molar-refractivity contribution in [3.63, 3.8) is 0 Å². The predicted molar refractivity (Wildman–Crippen MR) is 69.8 cm³/mol. The van der Waals surface area contributed by atoms with Crippen LogP contribution in [0.1, 0.15) is 17.3 Å². The van der Waals surface area contributed by atoms with Crippen molar-refractivity contribution < 1.29 is 4.79 Å². The van der Waals surface area contributed by atoms with Gasteiger partial charge in [-0.2, -0.15) is 0 Å². The van der Waals surface area contributed by atoms with Gasteiger partial charge in [0.25, 0.3) is 5.91 Å². The number of nitrogens with zero attached hydrogens (tertiary/aromatic N) is 1. The fourth-order valence-corrected chi connectivity index (χ4v) is 1.51. The van der Waals surface area contributed by atoms with Crippen LogP contribution < -0.4 is 5.73 Å². The minimum Gasteiger partial charge on any atom is -0.338 e. The molecule has 1 amide bonds. The standard InChI is InChI=1S/C11H15IN2O/c1-8(7-13)14(2)11(15)9-3-5-10(12)6-4-9/h3-6,8H,7,13H2,1-2H3. The fourth-order valence-electron chi connectivity index (χ4n) is 1.15. The monoisotopic (exact) mass is 318 g/mol. The van der Waals surface area contributed by atoms with Crippen LogP contribution in [-0.2, 0) is 0 Å². The van der Waals surface area contributed by atoms with Crippen LogP contribution >= 0.6 is 22.6 Å². The van der Waals surface area contributed by atoms with Gasteiger partial charge in [0.05, 0.1) is 0 Å². The number of hydrogen-bond acceptors (Lipinski definition) is 2. The number of nitrogens with two attached hydrogens (primary N) is 1. The molecular formula is C11H15IN2O. The van der Waals surface area contributed by atoms with Crippen molar-refractivity contribution in [2.24, 2.45) is 5.73 Å². The molecule has 82 valence electrons. The largest absolute Gasteiger partial charge is 0.338 e. The third kappa shape index (κ3) is 3.17. The Morgan fingerprint density at radius 3 is 2.47 bits per heavy atom. The number of carbonyl (C=O) groups excluding carboxylic acids is 1. The number of hydrogen-bond donors (Lipinski definition) is 1. The third-order valence-electron chi connectivity index (χ3n) is 2.41. The van der Waals surface area contributed by atoms with E-state index in [1.54, 1.807) is 11.9 Å². The van der Waals surface area contributed by atoms with Crippen LogP contribution in [0.15, 0.2) is 24.3 Å². The topological polar surface area (TPSA) is 46.3 Å². The first-order valence-electron chi connectivity index (χ1n) is 4.79. The zero-order chi connectivity index (χ0) is 11.4. The van der Waals surface area contributed by atoms with E-state index in [-0.39, 0.29) is 11.9 Å². The van der Waals surface area contributed by atoms with Crippen molar-refractivity contribution in [3.8, 4) is 0 Å². The van der Waals surface area contributed by atoms with E-state index < -0.39 is 0 Å². The molecule has 0 heterocycles. The average molecular weight is 318 g/mol. The highest BCUT2D eigenvalue weighted by molar-refractivity contribution is 14.1. The van der Waals surface area contributed by atoms with Crippen molar-refractivity contribution >= 4 is 28.5 Å². The number of amides is 1. The molecule has 4 heteroatoms. The summed E-state index contributed by atoms with van der Waals surface area (Å²) in [5, 5.41) is 0. The molecule has 0 radical (unpaired) electrons. The second kappa shape index (κ2) is 5.46. The van der Waals surface area contributed by atoms with Gasteiger partial charge in [-0.3, -0.25) is 4.79 Å². The molecule has 0 spiro atoms. The lowest BCUT2D eigenvalue weighted by molar-refractivity contribution is 0.0748. The first kappa shape index (κ1) is 12.4. The Morgan fingerprint density at radius 2 is 2.00 bits per heavy atom. The first-order chi connectivity index (χ1) is 7.06. The Kier molecular flexibility index (Phi) is 4.53. The Balaban J connectivity index is 2.80. The van der Waals surface area contributed by atoms with Crippen LogP contribution in [0.25, 0.3) is 0 Å². The molecule has 1 rings (SSSR count). The van der Waals surface area contributed by atoms with E-state index >= 15 is 0 Å². The highest BCUT2D eigenvalue weighted by atomic mass is 127. The normalized spacial score (nSPS) is 12.3. The zero-order valence-electron chi connectivity index (χ0n) is 8.90. The van der Waals surface area contributed by atoms with Crippen molar-refractivity contribution in [1.82, 2.24) is 4.90 Å². The summed E-state index contributed by atoms with van der Waals surface area (Å²) in [6.07, 6.45) is 0. The summed E-state index contributed by atoms with van der Waals surface area (Å²) in [6, 6.07) is 7.59. The lowest BCUT2D eigenvalue weighted by Crippen LogP contribution is -2.39. The van der Waals surface area contributed by atoms with Crippen LogP contribution in [0.4, 0.5) is 0 Å². The molecule has 0 aliphatic rings. The molecule has 0 aliphatic carbocycles. The van der Waals surface area contributed by atoms with E-state index in [2.05, 4.69) is 22.6 Å². The average Bonchev–Trinajstić information content (AvgIpc) is 2.27. The van der Waals surface area contributed by atoms with Crippen molar-refractivity contribution in [1.29, 1.82) is 0 Å². The summed E-state index contributed by atoms with van der Waals surface area (Å²) in [4.78, 5) is 13.6. The van der Waals surface area contributed by atoms with Gasteiger partial charge in [0.1, 0.15) is 0 Å². The van der Waals surface area contributed by atoms with E-state index in [1.807, 2.05) is 31.2 Å². The molecule has 15 heavy (non-hydrogen) atoms. The maximum absolute atomic E-state index is 11.9. The van der Waals surface area contributed by atoms with E-state index in [0.29, 0.717) is 12.1 Å². The summed E-state index contributed by atoms with van der Waals surface area (Å²) in [5.41, 5.74) is 6.22. The zero-order valence-corrected chi connectivity index (χ0v) is 11.1. The van der Waals surface area contributed by atoms with Gasteiger partial charge in [-0.05, 0) is 53.8 Å². The van der Waals surface area contributed by atoms with E-state index in [4.69, 9.17) is 5.73 Å². The molecule has 0 bridgehead atoms. The SMILES string of the molecule is CC(CN)N(C)C(=O)c1ccc(I)cc1. The van der Waals surface area contributed by atoms with Crippen LogP contribution in [0.3, 0.4) is 0 Å². The van der Waals surface area contributed by atoms with E-state index in [9.17, 15) is 4.79 Å². The molecule has 1 aromatic rings. The van der Waals surface area contributed by atoms with Gasteiger partial charge in [-0.1, -0.05) is 0 Å². The molecule has 3 nitrogen and oxygen atoms in total. The Bertz CT molecular complexity index is 337. The van der Waals surface area contributed by atoms with Gasteiger partial charge in [-0.25, -0.2) is 0 Å². The van der Waals surface area contributed by atoms with E-state index in [1.165, 1.54) is 0 Å². The molecule has 0 fully saturated rings. The maximum atomic E-state index is 11.9. The minimum absolute atomic E-state index is 0.0179. The Labute approximate surface area is 104 Å². The lowest BCUT2D eigenvalue weighted by atomic mass is 10.2. The van der Waals surface area contributed by atoms with Gasteiger partial charge >= 0.3 is 0 Å². The molecule has 1 atom stereocenters. The Morgan fingerprint density at radius 1 is 1.47 bits per heavy atom. The summed E-state index contributed by atoms with van der Waals surface area (Å²) in [7, 11) is 1.78. The Hall–Kier alpha value is -0.620. The molecule has 1 aromatic carbocycles. The third-order valence-corrected chi connectivity index (χ3v) is 3.13. The lowest BCUT2D eigenvalue weighted by Gasteiger charge is -2.23. The number of likely N-dealkylation sites (N-methyl/N-ethyl adjacent to an activating group) is 1. The van der Waals surface area contributed by atoms with Gasteiger partial charge in [-0.15, -0.1) is 0 Å². The van der Waals surface area contributed by atoms with Crippen LogP contribution in [0.5, 0.6) is 0 Å². The van der Waals surface area contributed by atoms with Crippen molar-refractivity contribution in [2.45, 2.75) is 13.0 Å². The van der Waals surface area contributed by atoms with Crippen LogP contribution in [-0.4, -0.2) is 30.4 Å². The summed E-state index contributed by atoms with van der Waals surface area (Å²) >= 11 is 2.21. The minimum atomic E-state index is 0.0179. The summed E-state index contributed by atoms with van der Waals surface area (Å²) in [5.74, 6) is 0.0179. The molecule has 0 aromatic heterocycles. The van der Waals surface area contributed by atoms with Gasteiger partial charge in [0.2, 0.25) is 0 Å². The smallest absolute Gasteiger partial charge is 0.253 e. The highest BCUT2D eigenvalue weighted by Crippen LogP contribution is 2.09. The maximum Gasteiger partial charge on any atom is 0.253 e. The number of rotatable bonds is 3. The van der Waals surface area contributed by atoms with Crippen LogP contribution in [0, 0.1) is 3.57 Å². The number of halogens is 1. The van der Waals surface area contributed by atoms with Gasteiger partial charge < -0.3 is 10.6 Å². The van der Waals surface area contributed by atoms with Crippen LogP contribution in [0.2, 0.25) is 0 Å². The molecule has 2 N–H and O–H groups in total. The molecular weight excluding hydrogens is 303 g/mol. The number of carbonyl (C=O) groups is 1. The van der Waals surface area contributed by atoms with Crippen molar-refractivity contribution in [2.75, 3.05) is 13.6 Å². The second-order valence-electron chi connectivity index (χ2n) is 3.51. The number of benzene rings is 1. The predicted octanol–water partition coefficient (Wildman–Crippen LogP) is 1.71. The summed E-state index contributed by atoms with van der Waals surface area (Å²) < 4.78 is 1.12. The first-order valence-corrected chi connectivity index (χ1v) is 5.87. The highest BCUT2D eigenvalue weighted by Gasteiger charge is 2.15. The van der Waals surface area contributed by atoms with Gasteiger partial charge in [0, 0.05) is 28.8 Å². The summed E-state index contributed by atoms with van der Waals surface area (Å²) in [6.45, 7) is 2.41.